The second-order valence-electron chi connectivity index (χ2n) is 16.2. The number of nitrogens with zero attached hydrogens (tertiary/aromatic N) is 2. The molecule has 10 aromatic carbocycles. The third-order valence-corrected chi connectivity index (χ3v) is 12.7. The van der Waals surface area contributed by atoms with Gasteiger partial charge in [-0.05, 0) is 125 Å². The molecule has 0 aliphatic heterocycles. The second kappa shape index (κ2) is 14.6. The predicted octanol–water partition coefficient (Wildman–Crippen LogP) is 16.4. The van der Waals surface area contributed by atoms with E-state index in [1.54, 1.807) is 0 Å². The van der Waals surface area contributed by atoms with Gasteiger partial charge in [0, 0.05) is 10.8 Å². The molecule has 2 heterocycles. The van der Waals surface area contributed by atoms with Crippen molar-refractivity contribution in [1.82, 2.24) is 9.38 Å². The average Bonchev–Trinajstić information content (AvgIpc) is 3.73. The van der Waals surface area contributed by atoms with Gasteiger partial charge in [-0.25, -0.2) is 4.98 Å². The summed E-state index contributed by atoms with van der Waals surface area (Å²) in [5.74, 6) is 0. The lowest BCUT2D eigenvalue weighted by Crippen LogP contribution is -1.94. The predicted molar refractivity (Wildman–Crippen MR) is 266 cm³/mol. The van der Waals surface area contributed by atoms with Crippen molar-refractivity contribution in [3.05, 3.63) is 230 Å². The minimum atomic E-state index is 0.991. The number of aromatic nitrogens is 2. The van der Waals surface area contributed by atoms with Crippen LogP contribution in [0.15, 0.2) is 218 Å². The van der Waals surface area contributed by atoms with Crippen molar-refractivity contribution >= 4 is 82.3 Å². The van der Waals surface area contributed by atoms with E-state index < -0.39 is 0 Å². The zero-order valence-corrected chi connectivity index (χ0v) is 34.3. The Balaban J connectivity index is 1.00. The Kier molecular flexibility index (Phi) is 8.43. The molecule has 0 aliphatic rings. The molecule has 0 atom stereocenters. The largest absolute Gasteiger partial charge is 0.292 e. The lowest BCUT2D eigenvalue weighted by Gasteiger charge is -2.19. The Morgan fingerprint density at radius 1 is 0.419 bits per heavy atom. The van der Waals surface area contributed by atoms with Gasteiger partial charge in [-0.3, -0.25) is 4.40 Å². The van der Waals surface area contributed by atoms with Crippen molar-refractivity contribution in [2.24, 2.45) is 0 Å². The molecule has 0 radical (unpaired) electrons. The summed E-state index contributed by atoms with van der Waals surface area (Å²) in [6.07, 6.45) is 6.75. The van der Waals surface area contributed by atoms with Crippen molar-refractivity contribution in [2.45, 2.75) is 6.92 Å². The number of hydrogen-bond donors (Lipinski definition) is 0. The minimum absolute atomic E-state index is 0.991. The summed E-state index contributed by atoms with van der Waals surface area (Å²) in [4.78, 5) is 5.25. The van der Waals surface area contributed by atoms with E-state index in [0.29, 0.717) is 0 Å². The molecule has 2 nitrogen and oxygen atoms in total. The summed E-state index contributed by atoms with van der Waals surface area (Å²) in [5.41, 5.74) is 15.0. The lowest BCUT2D eigenvalue weighted by atomic mass is 9.84. The molecule has 12 aromatic rings. The number of fused-ring (bicyclic) bond motifs is 11. The Morgan fingerprint density at radius 3 is 1.81 bits per heavy atom. The fraction of sp³-hybridized carbons (Fsp3) is 0.0167. The molecular weight excluding hydrogens is 749 g/mol. The molecular formula is C60H40N2. The van der Waals surface area contributed by atoms with Crippen LogP contribution in [0.1, 0.15) is 18.1 Å². The van der Waals surface area contributed by atoms with Gasteiger partial charge in [-0.1, -0.05) is 194 Å². The summed E-state index contributed by atoms with van der Waals surface area (Å²) in [6.45, 7) is 2.15. The number of hydrogen-bond acceptors (Lipinski definition) is 1. The molecule has 0 saturated carbocycles. The molecule has 0 amide bonds. The first kappa shape index (κ1) is 35.8. The van der Waals surface area contributed by atoms with Crippen LogP contribution < -0.4 is 0 Å². The Bertz CT molecular complexity index is 3790. The number of pyridine rings is 1. The van der Waals surface area contributed by atoms with E-state index in [2.05, 4.69) is 236 Å². The molecule has 0 N–H and O–H groups in total. The maximum atomic E-state index is 5.25. The van der Waals surface area contributed by atoms with Crippen molar-refractivity contribution in [3.8, 4) is 33.4 Å². The maximum absolute atomic E-state index is 5.25. The average molecular weight is 789 g/mol. The van der Waals surface area contributed by atoms with Crippen molar-refractivity contribution in [2.75, 3.05) is 0 Å². The molecule has 0 bridgehead atoms. The molecule has 0 aliphatic carbocycles. The lowest BCUT2D eigenvalue weighted by molar-refractivity contribution is 1.31. The van der Waals surface area contributed by atoms with E-state index in [9.17, 15) is 0 Å². The number of para-hydroxylation sites is 1. The molecule has 0 unspecified atom stereocenters. The first-order chi connectivity index (χ1) is 30.7. The smallest absolute Gasteiger partial charge is 0.146 e. The second-order valence-corrected chi connectivity index (χ2v) is 16.2. The third-order valence-electron chi connectivity index (χ3n) is 12.7. The zero-order valence-electron chi connectivity index (χ0n) is 34.3. The molecule has 0 spiro atoms. The summed E-state index contributed by atoms with van der Waals surface area (Å²) < 4.78 is 2.32. The SMILES string of the molecule is C/C=C(\C=C/c1ccccc1)c1c2ccccc2c(-c2ccc3ccccc3c2)c2ccc(-c3ccc(-c4ccc5c(c4)nc4c6ccccc6c6ccccc6n54)cc3)cc12. The van der Waals surface area contributed by atoms with Crippen LogP contribution in [0, 0.1) is 0 Å². The van der Waals surface area contributed by atoms with Gasteiger partial charge in [-0.15, -0.1) is 0 Å². The van der Waals surface area contributed by atoms with Crippen molar-refractivity contribution in [3.63, 3.8) is 0 Å². The van der Waals surface area contributed by atoms with Crippen LogP contribution in [0.5, 0.6) is 0 Å². The minimum Gasteiger partial charge on any atom is -0.292 e. The Hall–Kier alpha value is -8.07. The highest BCUT2D eigenvalue weighted by molar-refractivity contribution is 6.21. The van der Waals surface area contributed by atoms with Crippen LogP contribution in [0.2, 0.25) is 0 Å². The molecule has 2 aromatic heterocycles. The van der Waals surface area contributed by atoms with Gasteiger partial charge in [0.1, 0.15) is 5.65 Å². The highest BCUT2D eigenvalue weighted by Gasteiger charge is 2.19. The zero-order chi connectivity index (χ0) is 41.1. The number of imidazole rings is 1. The van der Waals surface area contributed by atoms with Crippen LogP contribution in [-0.2, 0) is 0 Å². The molecule has 0 saturated heterocycles. The number of allylic oxidation sites excluding steroid dienone is 3. The van der Waals surface area contributed by atoms with Crippen molar-refractivity contribution < 1.29 is 0 Å². The Morgan fingerprint density at radius 2 is 1.02 bits per heavy atom. The highest BCUT2D eigenvalue weighted by atomic mass is 15.0. The van der Waals surface area contributed by atoms with E-state index in [1.165, 1.54) is 87.6 Å². The van der Waals surface area contributed by atoms with E-state index in [1.807, 2.05) is 0 Å². The summed E-state index contributed by atoms with van der Waals surface area (Å²) in [5, 5.41) is 11.1. The van der Waals surface area contributed by atoms with Gasteiger partial charge in [0.05, 0.1) is 16.6 Å². The van der Waals surface area contributed by atoms with E-state index in [0.717, 1.165) is 33.2 Å². The van der Waals surface area contributed by atoms with E-state index in [-0.39, 0.29) is 0 Å². The molecule has 62 heavy (non-hydrogen) atoms. The van der Waals surface area contributed by atoms with Gasteiger partial charge < -0.3 is 0 Å². The van der Waals surface area contributed by atoms with Crippen molar-refractivity contribution in [1.29, 1.82) is 0 Å². The van der Waals surface area contributed by atoms with Gasteiger partial charge in [-0.2, -0.15) is 0 Å². The first-order valence-electron chi connectivity index (χ1n) is 21.4. The third kappa shape index (κ3) is 5.84. The Labute approximate surface area is 360 Å². The van der Waals surface area contributed by atoms with Gasteiger partial charge in [0.2, 0.25) is 0 Å². The van der Waals surface area contributed by atoms with E-state index in [4.69, 9.17) is 4.98 Å². The summed E-state index contributed by atoms with van der Waals surface area (Å²) >= 11 is 0. The van der Waals surface area contributed by atoms with Crippen LogP contribution in [0.3, 0.4) is 0 Å². The van der Waals surface area contributed by atoms with Gasteiger partial charge in [0.25, 0.3) is 0 Å². The topological polar surface area (TPSA) is 17.3 Å². The normalized spacial score (nSPS) is 12.3. The maximum Gasteiger partial charge on any atom is 0.146 e. The van der Waals surface area contributed by atoms with E-state index >= 15 is 0 Å². The van der Waals surface area contributed by atoms with Crippen LogP contribution >= 0.6 is 0 Å². The molecule has 2 heteroatoms. The van der Waals surface area contributed by atoms with Gasteiger partial charge >= 0.3 is 0 Å². The monoisotopic (exact) mass is 788 g/mol. The number of rotatable bonds is 6. The quantitative estimate of drug-likeness (QED) is 0.0932. The molecule has 12 rings (SSSR count). The molecule has 290 valence electrons. The summed E-state index contributed by atoms with van der Waals surface area (Å²) in [6, 6.07) is 75.1. The first-order valence-corrected chi connectivity index (χ1v) is 21.4. The van der Waals surface area contributed by atoms with Gasteiger partial charge in [0.15, 0.2) is 0 Å². The summed E-state index contributed by atoms with van der Waals surface area (Å²) in [7, 11) is 0. The van der Waals surface area contributed by atoms with Crippen LogP contribution in [0.25, 0.3) is 116 Å². The fourth-order valence-corrected chi connectivity index (χ4v) is 9.75. The highest BCUT2D eigenvalue weighted by Crippen LogP contribution is 2.44. The van der Waals surface area contributed by atoms with Crippen LogP contribution in [0.4, 0.5) is 0 Å². The molecule has 0 fully saturated rings. The number of benzene rings is 10. The fourth-order valence-electron chi connectivity index (χ4n) is 9.75. The standard InChI is InChI=1S/C60H40N2/c1-2-40(25-24-39-14-4-3-5-15-39)58-50-20-9-10-21-51(50)59(47-31-30-41-16-6-7-17-44(41)36-47)52-34-32-45(37-54(52)58)42-26-28-43(29-27-42)46-33-35-57-55(38-46)61-60-53-22-11-8-18-48(53)49-19-12-13-23-56(49)62(57)60/h2-38H,1H3/b25-24-,40-2+. The van der Waals surface area contributed by atoms with Crippen LogP contribution in [-0.4, -0.2) is 9.38 Å².